The first kappa shape index (κ1) is 22.7. The van der Waals surface area contributed by atoms with Gasteiger partial charge in [0.2, 0.25) is 0 Å². The summed E-state index contributed by atoms with van der Waals surface area (Å²) in [6, 6.07) is 19.9. The van der Waals surface area contributed by atoms with Crippen molar-refractivity contribution in [3.05, 3.63) is 128 Å². The molecule has 2 aromatic carbocycles. The van der Waals surface area contributed by atoms with Crippen molar-refractivity contribution < 1.29 is 4.39 Å². The molecule has 168 valence electrons. The molecule has 0 unspecified atom stereocenters. The lowest BCUT2D eigenvalue weighted by atomic mass is 10.1. The van der Waals surface area contributed by atoms with E-state index in [2.05, 4.69) is 17.1 Å². The Morgan fingerprint density at radius 3 is 2.42 bits per heavy atom. The quantitative estimate of drug-likeness (QED) is 0.291. The third kappa shape index (κ3) is 6.08. The van der Waals surface area contributed by atoms with Crippen LogP contribution in [0.2, 0.25) is 0 Å². The maximum atomic E-state index is 13.2. The monoisotopic (exact) mass is 461 g/mol. The van der Waals surface area contributed by atoms with Crippen LogP contribution in [-0.4, -0.2) is 14.1 Å². The number of benzene rings is 2. The lowest BCUT2D eigenvalue weighted by Gasteiger charge is -2.14. The van der Waals surface area contributed by atoms with E-state index in [0.29, 0.717) is 29.4 Å². The predicted molar refractivity (Wildman–Crippen MR) is 129 cm³/mol. The van der Waals surface area contributed by atoms with Crippen LogP contribution in [0.4, 0.5) is 4.39 Å². The molecule has 0 fully saturated rings. The van der Waals surface area contributed by atoms with Crippen LogP contribution < -0.4 is 11.1 Å². The first-order chi connectivity index (χ1) is 16.0. The molecular formula is C26H24FN3O2S. The van der Waals surface area contributed by atoms with Gasteiger partial charge in [0.05, 0.1) is 0 Å². The molecule has 0 aliphatic carbocycles. The van der Waals surface area contributed by atoms with Gasteiger partial charge in [-0.2, -0.15) is 4.98 Å². The Kier molecular flexibility index (Phi) is 7.19. The molecule has 5 nitrogen and oxygen atoms in total. The second-order valence-electron chi connectivity index (χ2n) is 7.86. The van der Waals surface area contributed by atoms with Gasteiger partial charge >= 0.3 is 0 Å². The molecule has 0 amide bonds. The van der Waals surface area contributed by atoms with E-state index in [1.54, 1.807) is 31.4 Å². The summed E-state index contributed by atoms with van der Waals surface area (Å²) in [6.07, 6.45) is 4.69. The van der Waals surface area contributed by atoms with Crippen LogP contribution in [0.3, 0.4) is 0 Å². The minimum Gasteiger partial charge on any atom is -0.327 e. The number of hydrogen-bond donors (Lipinski definition) is 0. The Balaban J connectivity index is 1.61. The minimum absolute atomic E-state index is 0.115. The third-order valence-electron chi connectivity index (χ3n) is 5.36. The fourth-order valence-electron chi connectivity index (χ4n) is 3.46. The standard InChI is InChI=1S/C26H24FN3O2S/c1-29-13-11-21(16-24(29)31)15-22-17-30(14-12-19-5-3-2-4-6-19)26(28-25(22)32)33-18-20-7-9-23(27)10-8-20/h2-11,13,16-17H,12,14-15,18H2,1H3. The second kappa shape index (κ2) is 10.4. The number of aromatic nitrogens is 3. The molecule has 2 heterocycles. The number of thioether (sulfide) groups is 1. The zero-order chi connectivity index (χ0) is 23.2. The Bertz CT molecular complexity index is 1350. The fourth-order valence-corrected chi connectivity index (χ4v) is 4.41. The van der Waals surface area contributed by atoms with Gasteiger partial charge in [-0.05, 0) is 41.3 Å². The van der Waals surface area contributed by atoms with Crippen molar-refractivity contribution in [3.8, 4) is 0 Å². The van der Waals surface area contributed by atoms with Gasteiger partial charge in [0, 0.05) is 49.8 Å². The number of pyridine rings is 1. The summed E-state index contributed by atoms with van der Waals surface area (Å²) in [7, 11) is 1.69. The van der Waals surface area contributed by atoms with Crippen LogP contribution in [0.5, 0.6) is 0 Å². The van der Waals surface area contributed by atoms with Crippen LogP contribution in [0, 0.1) is 5.82 Å². The highest BCUT2D eigenvalue weighted by Crippen LogP contribution is 2.21. The van der Waals surface area contributed by atoms with E-state index in [0.717, 1.165) is 17.5 Å². The SMILES string of the molecule is Cn1ccc(Cc2cn(CCc3ccccc3)c(SCc3ccc(F)cc3)nc2=O)cc1=O. The Morgan fingerprint density at radius 2 is 1.70 bits per heavy atom. The van der Waals surface area contributed by atoms with Gasteiger partial charge in [-0.3, -0.25) is 9.59 Å². The smallest absolute Gasteiger partial charge is 0.277 e. The lowest BCUT2D eigenvalue weighted by molar-refractivity contribution is 0.595. The molecule has 0 saturated carbocycles. The molecule has 0 aliphatic rings. The largest absolute Gasteiger partial charge is 0.327 e. The summed E-state index contributed by atoms with van der Waals surface area (Å²) in [5.41, 5.74) is 3.05. The zero-order valence-corrected chi connectivity index (χ0v) is 19.1. The molecule has 0 aliphatic heterocycles. The van der Waals surface area contributed by atoms with E-state index in [9.17, 15) is 14.0 Å². The maximum absolute atomic E-state index is 13.2. The molecule has 2 aromatic heterocycles. The van der Waals surface area contributed by atoms with Crippen molar-refractivity contribution in [3.63, 3.8) is 0 Å². The van der Waals surface area contributed by atoms with Gasteiger partial charge in [0.1, 0.15) is 5.82 Å². The first-order valence-corrected chi connectivity index (χ1v) is 11.6. The molecule has 33 heavy (non-hydrogen) atoms. The van der Waals surface area contributed by atoms with Gasteiger partial charge < -0.3 is 9.13 Å². The number of hydrogen-bond acceptors (Lipinski definition) is 4. The molecule has 4 rings (SSSR count). The van der Waals surface area contributed by atoms with Crippen molar-refractivity contribution in [2.24, 2.45) is 7.05 Å². The predicted octanol–water partition coefficient (Wildman–Crippen LogP) is 4.21. The third-order valence-corrected chi connectivity index (χ3v) is 6.42. The number of rotatable bonds is 8. The van der Waals surface area contributed by atoms with Crippen molar-refractivity contribution >= 4 is 11.8 Å². The van der Waals surface area contributed by atoms with E-state index in [4.69, 9.17) is 0 Å². The summed E-state index contributed by atoms with van der Waals surface area (Å²) in [6.45, 7) is 0.659. The van der Waals surface area contributed by atoms with Gasteiger partial charge in [-0.25, -0.2) is 4.39 Å². The zero-order valence-electron chi connectivity index (χ0n) is 18.3. The average molecular weight is 462 g/mol. The van der Waals surface area contributed by atoms with Gasteiger partial charge in [-0.15, -0.1) is 0 Å². The van der Waals surface area contributed by atoms with E-state index >= 15 is 0 Å². The minimum atomic E-state index is -0.298. The van der Waals surface area contributed by atoms with E-state index < -0.39 is 0 Å². The molecule has 0 saturated heterocycles. The number of nitrogens with zero attached hydrogens (tertiary/aromatic N) is 3. The van der Waals surface area contributed by atoms with E-state index in [1.165, 1.54) is 34.0 Å². The molecule has 0 N–H and O–H groups in total. The number of aryl methyl sites for hydroxylation is 3. The Hall–Kier alpha value is -3.45. The van der Waals surface area contributed by atoms with Crippen LogP contribution in [0.1, 0.15) is 22.3 Å². The van der Waals surface area contributed by atoms with Gasteiger partial charge in [0.25, 0.3) is 11.1 Å². The first-order valence-electron chi connectivity index (χ1n) is 10.6. The summed E-state index contributed by atoms with van der Waals surface area (Å²) in [4.78, 5) is 29.1. The molecule has 4 aromatic rings. The highest BCUT2D eigenvalue weighted by Gasteiger charge is 2.11. The molecule has 0 radical (unpaired) electrons. The highest BCUT2D eigenvalue weighted by atomic mass is 32.2. The van der Waals surface area contributed by atoms with E-state index in [1.807, 2.05) is 35.0 Å². The maximum Gasteiger partial charge on any atom is 0.277 e. The summed E-state index contributed by atoms with van der Waals surface area (Å²) in [5, 5.41) is 0.619. The Morgan fingerprint density at radius 1 is 0.939 bits per heavy atom. The Labute approximate surface area is 195 Å². The fraction of sp³-hybridized carbons (Fsp3) is 0.192. The van der Waals surface area contributed by atoms with Crippen molar-refractivity contribution in [2.45, 2.75) is 30.3 Å². The summed E-state index contributed by atoms with van der Waals surface area (Å²) < 4.78 is 16.7. The molecule has 0 bridgehead atoms. The topological polar surface area (TPSA) is 56.9 Å². The van der Waals surface area contributed by atoms with Crippen LogP contribution in [0.25, 0.3) is 0 Å². The van der Waals surface area contributed by atoms with Crippen molar-refractivity contribution in [2.75, 3.05) is 0 Å². The van der Waals surface area contributed by atoms with Crippen LogP contribution in [-0.2, 0) is 32.2 Å². The normalized spacial score (nSPS) is 11.0. The summed E-state index contributed by atoms with van der Waals surface area (Å²) >= 11 is 1.45. The highest BCUT2D eigenvalue weighted by molar-refractivity contribution is 7.98. The van der Waals surface area contributed by atoms with Gasteiger partial charge in [-0.1, -0.05) is 54.2 Å². The van der Waals surface area contributed by atoms with Crippen LogP contribution >= 0.6 is 11.8 Å². The van der Waals surface area contributed by atoms with Crippen molar-refractivity contribution in [1.29, 1.82) is 0 Å². The number of halogens is 1. The molecule has 0 atom stereocenters. The molecule has 7 heteroatoms. The molecule has 0 spiro atoms. The lowest BCUT2D eigenvalue weighted by Crippen LogP contribution is -2.21. The van der Waals surface area contributed by atoms with E-state index in [-0.39, 0.29) is 16.9 Å². The van der Waals surface area contributed by atoms with Gasteiger partial charge in [0.15, 0.2) is 5.16 Å². The molecular weight excluding hydrogens is 437 g/mol. The second-order valence-corrected chi connectivity index (χ2v) is 8.80. The van der Waals surface area contributed by atoms with Crippen LogP contribution in [0.15, 0.2) is 93.9 Å². The van der Waals surface area contributed by atoms with Crippen molar-refractivity contribution in [1.82, 2.24) is 14.1 Å². The summed E-state index contributed by atoms with van der Waals surface area (Å²) in [5.74, 6) is 0.299. The average Bonchev–Trinajstić information content (AvgIpc) is 2.82.